The van der Waals surface area contributed by atoms with Crippen LogP contribution in [0.25, 0.3) is 5.95 Å². The van der Waals surface area contributed by atoms with E-state index < -0.39 is 24.1 Å². The zero-order valence-corrected chi connectivity index (χ0v) is 19.2. The second-order valence-electron chi connectivity index (χ2n) is 8.09. The van der Waals surface area contributed by atoms with Gasteiger partial charge in [-0.2, -0.15) is 9.67 Å². The maximum Gasteiger partial charge on any atom is 0.573 e. The molecule has 1 fully saturated rings. The normalized spacial score (nSPS) is 14.6. The Labute approximate surface area is 197 Å². The van der Waals surface area contributed by atoms with Crippen molar-refractivity contribution in [3.05, 3.63) is 52.6 Å². The van der Waals surface area contributed by atoms with E-state index in [9.17, 15) is 18.0 Å². The molecule has 0 radical (unpaired) electrons. The highest BCUT2D eigenvalue weighted by molar-refractivity contribution is 6.30. The zero-order valence-electron chi connectivity index (χ0n) is 18.5. The third kappa shape index (κ3) is 5.56. The van der Waals surface area contributed by atoms with E-state index >= 15 is 0 Å². The van der Waals surface area contributed by atoms with Crippen LogP contribution in [0.2, 0.25) is 5.02 Å². The molecule has 1 N–H and O–H groups in total. The van der Waals surface area contributed by atoms with Crippen LogP contribution in [-0.4, -0.2) is 51.1 Å². The Morgan fingerprint density at radius 1 is 1.24 bits per heavy atom. The first-order valence-electron chi connectivity index (χ1n) is 10.3. The Kier molecular flexibility index (Phi) is 6.34. The number of hydrogen-bond donors (Lipinski definition) is 1. The van der Waals surface area contributed by atoms with E-state index in [1.165, 1.54) is 23.1 Å². The maximum atomic E-state index is 13.0. The third-order valence-corrected chi connectivity index (χ3v) is 5.22. The van der Waals surface area contributed by atoms with Crippen molar-refractivity contribution in [1.29, 1.82) is 0 Å². The smallest absolute Gasteiger partial charge is 0.406 e. The summed E-state index contributed by atoms with van der Waals surface area (Å²) in [5.74, 6) is -0.0238. The molecule has 9 nitrogen and oxygen atoms in total. The van der Waals surface area contributed by atoms with Crippen molar-refractivity contribution in [1.82, 2.24) is 30.0 Å². The second-order valence-corrected chi connectivity index (χ2v) is 8.52. The summed E-state index contributed by atoms with van der Waals surface area (Å²) < 4.78 is 43.8. The fraction of sp³-hybridized carbons (Fsp3) is 0.381. The lowest BCUT2D eigenvalue weighted by Gasteiger charge is -2.16. The number of hydrogen-bond acceptors (Lipinski definition) is 7. The third-order valence-electron chi connectivity index (χ3n) is 5.03. The number of ether oxygens (including phenoxy) is 1. The quantitative estimate of drug-likeness (QED) is 0.528. The number of rotatable bonds is 7. The standard InChI is InChI=1S/C21H21ClF3N7O2/c1-11(17-29-20(31(2)3)30-32(17)19-26-9-15(22)10-27-19)28-18(33)14-6-13(12-4-5-12)7-16(8-14)34-21(23,24)25/h6-12H,4-5H2,1-3H3,(H,28,33)/t11-/m0/s1. The van der Waals surface area contributed by atoms with Crippen molar-refractivity contribution in [3.8, 4) is 11.7 Å². The van der Waals surface area contributed by atoms with Gasteiger partial charge in [-0.05, 0) is 49.4 Å². The van der Waals surface area contributed by atoms with Crippen LogP contribution in [-0.2, 0) is 0 Å². The molecule has 13 heteroatoms. The second kappa shape index (κ2) is 9.09. The molecule has 0 spiro atoms. The predicted octanol–water partition coefficient (Wildman–Crippen LogP) is 4.04. The Morgan fingerprint density at radius 3 is 2.50 bits per heavy atom. The van der Waals surface area contributed by atoms with Gasteiger partial charge in [-0.3, -0.25) is 4.79 Å². The number of nitrogens with zero attached hydrogens (tertiary/aromatic N) is 6. The van der Waals surface area contributed by atoms with Crippen molar-refractivity contribution < 1.29 is 22.7 Å². The van der Waals surface area contributed by atoms with E-state index in [-0.39, 0.29) is 17.4 Å². The van der Waals surface area contributed by atoms with Gasteiger partial charge in [-0.1, -0.05) is 11.6 Å². The molecule has 1 aliphatic rings. The minimum atomic E-state index is -4.86. The molecule has 1 aromatic carbocycles. The molecular formula is C21H21ClF3N7O2. The lowest BCUT2D eigenvalue weighted by Crippen LogP contribution is -2.29. The van der Waals surface area contributed by atoms with Gasteiger partial charge in [0.15, 0.2) is 5.82 Å². The number of anilines is 1. The van der Waals surface area contributed by atoms with Crippen molar-refractivity contribution in [3.63, 3.8) is 0 Å². The van der Waals surface area contributed by atoms with Crippen LogP contribution in [0.15, 0.2) is 30.6 Å². The Bertz CT molecular complexity index is 1190. The van der Waals surface area contributed by atoms with Crippen LogP contribution in [0.4, 0.5) is 19.1 Å². The van der Waals surface area contributed by atoms with Crippen molar-refractivity contribution in [2.24, 2.45) is 0 Å². The molecule has 0 bridgehead atoms. The van der Waals surface area contributed by atoms with Gasteiger partial charge < -0.3 is 15.0 Å². The van der Waals surface area contributed by atoms with Crippen LogP contribution < -0.4 is 15.0 Å². The number of aromatic nitrogens is 5. The molecule has 34 heavy (non-hydrogen) atoms. The Hall–Kier alpha value is -3.41. The first-order valence-corrected chi connectivity index (χ1v) is 10.7. The maximum absolute atomic E-state index is 13.0. The number of alkyl halides is 3. The van der Waals surface area contributed by atoms with Crippen LogP contribution in [0.1, 0.15) is 53.5 Å². The number of halogens is 4. The molecule has 1 saturated carbocycles. The molecule has 4 rings (SSSR count). The minimum absolute atomic E-state index is 0.0529. The summed E-state index contributed by atoms with van der Waals surface area (Å²) in [7, 11) is 3.50. The molecule has 2 heterocycles. The molecule has 0 saturated heterocycles. The van der Waals surface area contributed by atoms with Gasteiger partial charge in [0.05, 0.1) is 23.5 Å². The summed E-state index contributed by atoms with van der Waals surface area (Å²) in [6.07, 6.45) is -0.353. The molecule has 0 aliphatic heterocycles. The fourth-order valence-electron chi connectivity index (χ4n) is 3.29. The van der Waals surface area contributed by atoms with Crippen LogP contribution in [0.3, 0.4) is 0 Å². The van der Waals surface area contributed by atoms with E-state index in [4.69, 9.17) is 11.6 Å². The lowest BCUT2D eigenvalue weighted by atomic mass is 10.1. The topological polar surface area (TPSA) is 98.1 Å². The number of nitrogens with one attached hydrogen (secondary N) is 1. The summed E-state index contributed by atoms with van der Waals surface area (Å²) in [5, 5.41) is 7.48. The average molecular weight is 496 g/mol. The van der Waals surface area contributed by atoms with E-state index in [0.29, 0.717) is 22.4 Å². The van der Waals surface area contributed by atoms with Gasteiger partial charge >= 0.3 is 6.36 Å². The van der Waals surface area contributed by atoms with Gasteiger partial charge in [0.1, 0.15) is 5.75 Å². The zero-order chi connectivity index (χ0) is 24.6. The average Bonchev–Trinajstić information content (AvgIpc) is 3.50. The van der Waals surface area contributed by atoms with Crippen LogP contribution in [0, 0.1) is 0 Å². The SMILES string of the molecule is C[C@H](NC(=O)c1cc(OC(F)(F)F)cc(C2CC2)c1)c1nc(N(C)C)nn1-c1ncc(Cl)cn1. The first-order chi connectivity index (χ1) is 16.0. The summed E-state index contributed by atoms with van der Waals surface area (Å²) in [6, 6.07) is 3.29. The van der Waals surface area contributed by atoms with E-state index in [1.54, 1.807) is 32.0 Å². The first kappa shape index (κ1) is 23.7. The van der Waals surface area contributed by atoms with Crippen molar-refractivity contribution >= 4 is 23.5 Å². The molecule has 1 aliphatic carbocycles. The predicted molar refractivity (Wildman–Crippen MR) is 117 cm³/mol. The minimum Gasteiger partial charge on any atom is -0.406 e. The highest BCUT2D eigenvalue weighted by Gasteiger charge is 2.33. The van der Waals surface area contributed by atoms with Gasteiger partial charge in [0.2, 0.25) is 5.95 Å². The molecule has 0 unspecified atom stereocenters. The number of amides is 1. The summed E-state index contributed by atoms with van der Waals surface area (Å²) in [4.78, 5) is 27.4. The molecule has 1 amide bonds. The molecule has 1 atom stereocenters. The monoisotopic (exact) mass is 495 g/mol. The van der Waals surface area contributed by atoms with E-state index in [1.807, 2.05) is 0 Å². The van der Waals surface area contributed by atoms with Gasteiger partial charge in [0, 0.05) is 19.7 Å². The summed E-state index contributed by atoms with van der Waals surface area (Å²) in [5.41, 5.74) is 0.685. The van der Waals surface area contributed by atoms with Gasteiger partial charge in [-0.15, -0.1) is 18.3 Å². The van der Waals surface area contributed by atoms with Crippen molar-refractivity contribution in [2.75, 3.05) is 19.0 Å². The molecule has 180 valence electrons. The van der Waals surface area contributed by atoms with Crippen molar-refractivity contribution in [2.45, 2.75) is 38.1 Å². The Balaban J connectivity index is 1.62. The fourth-order valence-corrected chi connectivity index (χ4v) is 3.38. The number of carbonyl (C=O) groups excluding carboxylic acids is 1. The molecule has 3 aromatic rings. The Morgan fingerprint density at radius 2 is 1.91 bits per heavy atom. The summed E-state index contributed by atoms with van der Waals surface area (Å²) in [6.45, 7) is 1.67. The summed E-state index contributed by atoms with van der Waals surface area (Å²) >= 11 is 5.87. The van der Waals surface area contributed by atoms with Crippen LogP contribution in [0.5, 0.6) is 5.75 Å². The van der Waals surface area contributed by atoms with E-state index in [2.05, 4.69) is 30.1 Å². The highest BCUT2D eigenvalue weighted by atomic mass is 35.5. The largest absolute Gasteiger partial charge is 0.573 e. The molecular weight excluding hydrogens is 475 g/mol. The number of carbonyl (C=O) groups is 1. The lowest BCUT2D eigenvalue weighted by molar-refractivity contribution is -0.274. The van der Waals surface area contributed by atoms with E-state index in [0.717, 1.165) is 18.9 Å². The molecule has 2 aromatic heterocycles. The highest BCUT2D eigenvalue weighted by Crippen LogP contribution is 2.42. The van der Waals surface area contributed by atoms with Crippen LogP contribution >= 0.6 is 11.6 Å². The number of benzene rings is 1. The van der Waals surface area contributed by atoms with Gasteiger partial charge in [0.25, 0.3) is 11.9 Å². The van der Waals surface area contributed by atoms with Gasteiger partial charge in [-0.25, -0.2) is 9.97 Å².